The Labute approximate surface area is 72.5 Å². The van der Waals surface area contributed by atoms with Gasteiger partial charge in [0, 0.05) is 12.5 Å². The molecule has 1 rings (SSSR count). The molecule has 0 amide bonds. The van der Waals surface area contributed by atoms with Crippen molar-refractivity contribution in [1.29, 1.82) is 0 Å². The fourth-order valence-corrected chi connectivity index (χ4v) is 1.17. The van der Waals surface area contributed by atoms with E-state index in [9.17, 15) is 8.78 Å². The first-order chi connectivity index (χ1) is 5.49. The van der Waals surface area contributed by atoms with Crippen LogP contribution in [0.1, 0.15) is 33.1 Å². The van der Waals surface area contributed by atoms with Crippen molar-refractivity contribution in [3.63, 3.8) is 0 Å². The van der Waals surface area contributed by atoms with Crippen molar-refractivity contribution in [2.45, 2.75) is 45.1 Å². The lowest BCUT2D eigenvalue weighted by molar-refractivity contribution is -0.0132. The molecule has 0 radical (unpaired) electrons. The molecule has 1 aliphatic carbocycles. The summed E-state index contributed by atoms with van der Waals surface area (Å²) >= 11 is 0. The van der Waals surface area contributed by atoms with Gasteiger partial charge in [0.05, 0.1) is 6.54 Å². The van der Waals surface area contributed by atoms with E-state index in [0.29, 0.717) is 5.92 Å². The molecule has 0 aliphatic heterocycles. The summed E-state index contributed by atoms with van der Waals surface area (Å²) in [4.78, 5) is 0. The van der Waals surface area contributed by atoms with Crippen molar-refractivity contribution in [3.8, 4) is 0 Å². The Morgan fingerprint density at radius 1 is 1.42 bits per heavy atom. The monoisotopic (exact) mass is 177 g/mol. The number of hydrogen-bond donors (Lipinski definition) is 1. The van der Waals surface area contributed by atoms with E-state index < -0.39 is 5.92 Å². The van der Waals surface area contributed by atoms with Crippen LogP contribution in [0.4, 0.5) is 8.78 Å². The molecule has 0 atom stereocenters. The van der Waals surface area contributed by atoms with Crippen LogP contribution in [0.2, 0.25) is 0 Å². The van der Waals surface area contributed by atoms with E-state index in [1.54, 1.807) is 0 Å². The fourth-order valence-electron chi connectivity index (χ4n) is 1.17. The predicted octanol–water partition coefficient (Wildman–Crippen LogP) is 2.42. The lowest BCUT2D eigenvalue weighted by Gasteiger charge is -2.18. The smallest absolute Gasteiger partial charge is 0.260 e. The van der Waals surface area contributed by atoms with E-state index in [-0.39, 0.29) is 19.0 Å². The van der Waals surface area contributed by atoms with E-state index in [1.165, 1.54) is 0 Å². The highest BCUT2D eigenvalue weighted by Gasteiger charge is 2.36. The second-order valence-corrected chi connectivity index (χ2v) is 4.04. The number of rotatable bonds is 5. The van der Waals surface area contributed by atoms with Gasteiger partial charge in [-0.2, -0.15) is 0 Å². The highest BCUT2D eigenvalue weighted by molar-refractivity contribution is 4.82. The minimum absolute atomic E-state index is 0.0761. The van der Waals surface area contributed by atoms with Gasteiger partial charge in [-0.05, 0) is 18.8 Å². The summed E-state index contributed by atoms with van der Waals surface area (Å²) in [5.41, 5.74) is 0. The van der Waals surface area contributed by atoms with Crippen LogP contribution >= 0.6 is 0 Å². The minimum atomic E-state index is -2.49. The molecule has 0 aromatic carbocycles. The second-order valence-electron chi connectivity index (χ2n) is 4.04. The van der Waals surface area contributed by atoms with Gasteiger partial charge in [0.25, 0.3) is 5.92 Å². The number of halogens is 2. The van der Waals surface area contributed by atoms with Crippen molar-refractivity contribution in [1.82, 2.24) is 5.32 Å². The number of hydrogen-bond acceptors (Lipinski definition) is 1. The van der Waals surface area contributed by atoms with Gasteiger partial charge in [-0.3, -0.25) is 0 Å². The molecule has 1 nitrogen and oxygen atoms in total. The molecule has 0 heterocycles. The molecule has 72 valence electrons. The first-order valence-corrected chi connectivity index (χ1v) is 4.61. The zero-order chi connectivity index (χ0) is 9.19. The quantitative estimate of drug-likeness (QED) is 0.680. The van der Waals surface area contributed by atoms with Crippen LogP contribution in [-0.4, -0.2) is 18.5 Å². The summed E-state index contributed by atoms with van der Waals surface area (Å²) in [6.45, 7) is 3.60. The first-order valence-electron chi connectivity index (χ1n) is 4.61. The maximum atomic E-state index is 13.0. The lowest BCUT2D eigenvalue weighted by Crippen LogP contribution is -2.36. The second kappa shape index (κ2) is 3.69. The molecule has 0 unspecified atom stereocenters. The standard InChI is InChI=1S/C9H17F2N/c1-7(2)12-6-9(10,11)5-8-3-4-8/h7-8,12H,3-6H2,1-2H3. The molecule has 0 aromatic rings. The Hall–Kier alpha value is -0.180. The van der Waals surface area contributed by atoms with E-state index in [1.807, 2.05) is 13.8 Å². The van der Waals surface area contributed by atoms with Gasteiger partial charge >= 0.3 is 0 Å². The Morgan fingerprint density at radius 3 is 2.42 bits per heavy atom. The molecule has 12 heavy (non-hydrogen) atoms. The molecule has 0 aromatic heterocycles. The van der Waals surface area contributed by atoms with Crippen LogP contribution in [0.5, 0.6) is 0 Å². The van der Waals surface area contributed by atoms with Crippen molar-refractivity contribution in [2.24, 2.45) is 5.92 Å². The van der Waals surface area contributed by atoms with Gasteiger partial charge in [0.2, 0.25) is 0 Å². The zero-order valence-corrected chi connectivity index (χ0v) is 7.74. The Balaban J connectivity index is 2.16. The molecular formula is C9H17F2N. The zero-order valence-electron chi connectivity index (χ0n) is 7.74. The Morgan fingerprint density at radius 2 is 2.00 bits per heavy atom. The largest absolute Gasteiger partial charge is 0.309 e. The SMILES string of the molecule is CC(C)NCC(F)(F)CC1CC1. The number of nitrogens with one attached hydrogen (secondary N) is 1. The third kappa shape index (κ3) is 4.00. The normalized spacial score (nSPS) is 18.8. The van der Waals surface area contributed by atoms with Gasteiger partial charge in [0.1, 0.15) is 0 Å². The van der Waals surface area contributed by atoms with Gasteiger partial charge in [0.15, 0.2) is 0 Å². The third-order valence-electron chi connectivity index (χ3n) is 2.05. The van der Waals surface area contributed by atoms with Crippen molar-refractivity contribution >= 4 is 0 Å². The van der Waals surface area contributed by atoms with Crippen LogP contribution in [0.3, 0.4) is 0 Å². The Kier molecular flexibility index (Phi) is 3.04. The summed E-state index contributed by atoms with van der Waals surface area (Å²) in [7, 11) is 0. The highest BCUT2D eigenvalue weighted by Crippen LogP contribution is 2.38. The Bertz CT molecular complexity index is 141. The summed E-state index contributed by atoms with van der Waals surface area (Å²) < 4.78 is 26.0. The number of alkyl halides is 2. The average molecular weight is 177 g/mol. The molecule has 0 bridgehead atoms. The van der Waals surface area contributed by atoms with Crippen LogP contribution in [0, 0.1) is 5.92 Å². The topological polar surface area (TPSA) is 12.0 Å². The summed E-state index contributed by atoms with van der Waals surface area (Å²) in [5.74, 6) is -2.19. The molecule has 1 aliphatic rings. The van der Waals surface area contributed by atoms with E-state index in [0.717, 1.165) is 12.8 Å². The van der Waals surface area contributed by atoms with E-state index in [2.05, 4.69) is 5.32 Å². The minimum Gasteiger partial charge on any atom is -0.309 e. The van der Waals surface area contributed by atoms with Crippen LogP contribution in [0.15, 0.2) is 0 Å². The van der Waals surface area contributed by atoms with Crippen molar-refractivity contribution in [2.75, 3.05) is 6.54 Å². The fraction of sp³-hybridized carbons (Fsp3) is 1.00. The maximum absolute atomic E-state index is 13.0. The molecule has 0 spiro atoms. The molecule has 3 heteroatoms. The average Bonchev–Trinajstić information content (AvgIpc) is 2.67. The molecule has 0 saturated heterocycles. The molecular weight excluding hydrogens is 160 g/mol. The summed E-state index contributed by atoms with van der Waals surface area (Å²) in [5, 5.41) is 2.77. The summed E-state index contributed by atoms with van der Waals surface area (Å²) in [6, 6.07) is 0.148. The van der Waals surface area contributed by atoms with Gasteiger partial charge in [-0.25, -0.2) is 8.78 Å². The van der Waals surface area contributed by atoms with Crippen LogP contribution < -0.4 is 5.32 Å². The van der Waals surface area contributed by atoms with Gasteiger partial charge in [-0.1, -0.05) is 13.8 Å². The van der Waals surface area contributed by atoms with Crippen molar-refractivity contribution in [3.05, 3.63) is 0 Å². The van der Waals surface area contributed by atoms with Crippen LogP contribution in [-0.2, 0) is 0 Å². The van der Waals surface area contributed by atoms with Crippen molar-refractivity contribution < 1.29 is 8.78 Å². The van der Waals surface area contributed by atoms with E-state index in [4.69, 9.17) is 0 Å². The van der Waals surface area contributed by atoms with Gasteiger partial charge < -0.3 is 5.32 Å². The van der Waals surface area contributed by atoms with E-state index >= 15 is 0 Å². The predicted molar refractivity (Wildman–Crippen MR) is 45.4 cm³/mol. The third-order valence-corrected chi connectivity index (χ3v) is 2.05. The molecule has 1 saturated carbocycles. The summed E-state index contributed by atoms with van der Waals surface area (Å²) in [6.07, 6.45) is 2.07. The van der Waals surface area contributed by atoms with Crippen LogP contribution in [0.25, 0.3) is 0 Å². The lowest BCUT2D eigenvalue weighted by atomic mass is 10.1. The highest BCUT2D eigenvalue weighted by atomic mass is 19.3. The first kappa shape index (κ1) is 9.90. The molecule has 1 N–H and O–H groups in total. The van der Waals surface area contributed by atoms with Gasteiger partial charge in [-0.15, -0.1) is 0 Å². The molecule has 1 fully saturated rings. The maximum Gasteiger partial charge on any atom is 0.260 e.